The summed E-state index contributed by atoms with van der Waals surface area (Å²) in [5.74, 6) is -2.09. The van der Waals surface area contributed by atoms with Crippen molar-refractivity contribution in [2.75, 3.05) is 0 Å². The van der Waals surface area contributed by atoms with E-state index in [1.807, 2.05) is 33.8 Å². The van der Waals surface area contributed by atoms with Crippen molar-refractivity contribution in [3.8, 4) is 0 Å². The number of carboxylic acids is 1. The lowest BCUT2D eigenvalue weighted by molar-refractivity contribution is -0.137. The Morgan fingerprint density at radius 1 is 1.25 bits per heavy atom. The number of nitrogens with two attached hydrogens (primary N) is 1. The quantitative estimate of drug-likeness (QED) is 0.691. The average Bonchev–Trinajstić information content (AvgIpc) is 3.00. The smallest absolute Gasteiger partial charge is 0.481 e. The molecule has 3 rings (SSSR count). The molecule has 0 saturated carbocycles. The van der Waals surface area contributed by atoms with Gasteiger partial charge in [-0.05, 0) is 51.2 Å². The van der Waals surface area contributed by atoms with Gasteiger partial charge in [-0.3, -0.25) is 14.4 Å². The SMILES string of the molecule is CC1(C)OB(c2ccc3c(c2)CN(C(CCC(=O)O)C(N)=O)C3=O)OC1(C)C. The minimum atomic E-state index is -1.04. The molecule has 0 aliphatic carbocycles. The Labute approximate surface area is 164 Å². The molecule has 1 atom stereocenters. The van der Waals surface area contributed by atoms with E-state index in [0.717, 1.165) is 11.0 Å². The van der Waals surface area contributed by atoms with E-state index in [9.17, 15) is 14.4 Å². The Morgan fingerprint density at radius 3 is 2.39 bits per heavy atom. The third kappa shape index (κ3) is 3.52. The topological polar surface area (TPSA) is 119 Å². The number of carbonyl (C=O) groups excluding carboxylic acids is 2. The molecule has 3 N–H and O–H groups in total. The van der Waals surface area contributed by atoms with Crippen LogP contribution in [0.4, 0.5) is 0 Å². The molecule has 8 nitrogen and oxygen atoms in total. The van der Waals surface area contributed by atoms with Crippen LogP contribution in [0.3, 0.4) is 0 Å². The lowest BCUT2D eigenvalue weighted by Crippen LogP contribution is -2.45. The molecule has 0 bridgehead atoms. The lowest BCUT2D eigenvalue weighted by atomic mass is 9.78. The normalized spacial score (nSPS) is 20.9. The number of fused-ring (bicyclic) bond motifs is 1. The Bertz CT molecular complexity index is 822. The highest BCUT2D eigenvalue weighted by Crippen LogP contribution is 2.37. The van der Waals surface area contributed by atoms with E-state index in [1.54, 1.807) is 12.1 Å². The van der Waals surface area contributed by atoms with E-state index in [-0.39, 0.29) is 25.3 Å². The summed E-state index contributed by atoms with van der Waals surface area (Å²) in [6.07, 6.45) is -0.263. The fourth-order valence-electron chi connectivity index (χ4n) is 3.45. The molecule has 1 aromatic rings. The standard InChI is InChI=1S/C19H25BN2O6/c1-18(2)19(3,4)28-20(27-18)12-5-6-13-11(9-12)10-22(17(13)26)14(16(21)25)7-8-15(23)24/h5-6,9,14H,7-8,10H2,1-4H3,(H2,21,25)(H,23,24). The van der Waals surface area contributed by atoms with Crippen molar-refractivity contribution in [1.82, 2.24) is 4.90 Å². The van der Waals surface area contributed by atoms with Crippen molar-refractivity contribution >= 4 is 30.4 Å². The summed E-state index contributed by atoms with van der Waals surface area (Å²) >= 11 is 0. The summed E-state index contributed by atoms with van der Waals surface area (Å²) < 4.78 is 12.1. The number of amides is 2. The van der Waals surface area contributed by atoms with Gasteiger partial charge < -0.3 is 25.0 Å². The molecule has 1 saturated heterocycles. The molecule has 1 fully saturated rings. The van der Waals surface area contributed by atoms with E-state index in [2.05, 4.69) is 0 Å². The third-order valence-electron chi connectivity index (χ3n) is 5.82. The predicted octanol–water partition coefficient (Wildman–Crippen LogP) is 0.660. The molecule has 2 amide bonds. The maximum absolute atomic E-state index is 12.7. The van der Waals surface area contributed by atoms with Gasteiger partial charge in [0.25, 0.3) is 5.91 Å². The molecule has 2 aliphatic rings. The molecular weight excluding hydrogens is 363 g/mol. The van der Waals surface area contributed by atoms with Crippen LogP contribution in [0.15, 0.2) is 18.2 Å². The van der Waals surface area contributed by atoms with Crippen molar-refractivity contribution in [2.45, 2.75) is 64.3 Å². The zero-order valence-corrected chi connectivity index (χ0v) is 16.5. The monoisotopic (exact) mass is 388 g/mol. The molecule has 9 heteroatoms. The maximum Gasteiger partial charge on any atom is 0.494 e. The number of hydrogen-bond donors (Lipinski definition) is 2. The van der Waals surface area contributed by atoms with Crippen LogP contribution in [0.1, 0.15) is 56.5 Å². The molecule has 2 heterocycles. The molecule has 0 radical (unpaired) electrons. The fraction of sp³-hybridized carbons (Fsp3) is 0.526. The molecular formula is C19H25BN2O6. The summed E-state index contributed by atoms with van der Waals surface area (Å²) in [5.41, 5.74) is 6.46. The van der Waals surface area contributed by atoms with Crippen molar-refractivity contribution in [2.24, 2.45) is 5.73 Å². The number of rotatable bonds is 6. The molecule has 0 spiro atoms. The second-order valence-corrected chi connectivity index (χ2v) is 8.29. The van der Waals surface area contributed by atoms with Gasteiger partial charge in [0.2, 0.25) is 5.91 Å². The van der Waals surface area contributed by atoms with Gasteiger partial charge in [-0.2, -0.15) is 0 Å². The summed E-state index contributed by atoms with van der Waals surface area (Å²) in [6.45, 7) is 8.04. The van der Waals surface area contributed by atoms with Gasteiger partial charge in [0.1, 0.15) is 6.04 Å². The average molecular weight is 388 g/mol. The number of aliphatic carboxylic acids is 1. The number of primary amides is 1. The highest BCUT2D eigenvalue weighted by atomic mass is 16.7. The Hall–Kier alpha value is -2.39. The van der Waals surface area contributed by atoms with E-state index in [0.29, 0.717) is 5.56 Å². The number of benzene rings is 1. The van der Waals surface area contributed by atoms with Crippen molar-refractivity contribution in [1.29, 1.82) is 0 Å². The zero-order valence-electron chi connectivity index (χ0n) is 16.5. The van der Waals surface area contributed by atoms with Crippen LogP contribution in [-0.4, -0.2) is 52.2 Å². The van der Waals surface area contributed by atoms with Crippen LogP contribution in [0, 0.1) is 0 Å². The van der Waals surface area contributed by atoms with Crippen molar-refractivity contribution < 1.29 is 28.8 Å². The van der Waals surface area contributed by atoms with E-state index in [1.165, 1.54) is 4.90 Å². The van der Waals surface area contributed by atoms with Crippen LogP contribution >= 0.6 is 0 Å². The van der Waals surface area contributed by atoms with Crippen LogP contribution in [0.2, 0.25) is 0 Å². The van der Waals surface area contributed by atoms with Gasteiger partial charge in [-0.15, -0.1) is 0 Å². The molecule has 2 aliphatic heterocycles. The van der Waals surface area contributed by atoms with Gasteiger partial charge in [0.05, 0.1) is 11.2 Å². The first kappa shape index (κ1) is 20.4. The molecule has 1 aromatic carbocycles. The Balaban J connectivity index is 1.83. The van der Waals surface area contributed by atoms with Gasteiger partial charge in [-0.25, -0.2) is 0 Å². The second kappa shape index (κ2) is 6.90. The minimum absolute atomic E-state index is 0.0194. The summed E-state index contributed by atoms with van der Waals surface area (Å²) in [4.78, 5) is 36.7. The first-order valence-electron chi connectivity index (χ1n) is 9.23. The zero-order chi connectivity index (χ0) is 20.9. The number of carbonyl (C=O) groups is 3. The first-order valence-corrected chi connectivity index (χ1v) is 9.23. The number of nitrogens with zero attached hydrogens (tertiary/aromatic N) is 1. The highest BCUT2D eigenvalue weighted by molar-refractivity contribution is 6.62. The van der Waals surface area contributed by atoms with Crippen LogP contribution < -0.4 is 11.2 Å². The van der Waals surface area contributed by atoms with Crippen LogP contribution in [0.25, 0.3) is 0 Å². The van der Waals surface area contributed by atoms with Crippen molar-refractivity contribution in [3.05, 3.63) is 29.3 Å². The Kier molecular flexibility index (Phi) is 5.01. The third-order valence-corrected chi connectivity index (χ3v) is 5.82. The number of carboxylic acid groups (broad SMARTS) is 1. The van der Waals surface area contributed by atoms with Gasteiger partial charge in [-0.1, -0.05) is 12.1 Å². The second-order valence-electron chi connectivity index (χ2n) is 8.29. The predicted molar refractivity (Wildman–Crippen MR) is 102 cm³/mol. The van der Waals surface area contributed by atoms with Gasteiger partial charge in [0, 0.05) is 18.5 Å². The first-order chi connectivity index (χ1) is 12.9. The lowest BCUT2D eigenvalue weighted by Gasteiger charge is -2.32. The summed E-state index contributed by atoms with van der Waals surface area (Å²) in [5, 5.41) is 8.89. The van der Waals surface area contributed by atoms with E-state index < -0.39 is 36.2 Å². The number of hydrogen-bond acceptors (Lipinski definition) is 5. The largest absolute Gasteiger partial charge is 0.494 e. The molecule has 28 heavy (non-hydrogen) atoms. The minimum Gasteiger partial charge on any atom is -0.481 e. The molecule has 0 aromatic heterocycles. The van der Waals surface area contributed by atoms with E-state index >= 15 is 0 Å². The van der Waals surface area contributed by atoms with Crippen LogP contribution in [-0.2, 0) is 25.4 Å². The maximum atomic E-state index is 12.7. The Morgan fingerprint density at radius 2 is 1.86 bits per heavy atom. The summed E-state index contributed by atoms with van der Waals surface area (Å²) in [7, 11) is -0.557. The molecule has 150 valence electrons. The van der Waals surface area contributed by atoms with Gasteiger partial charge in [0.15, 0.2) is 0 Å². The van der Waals surface area contributed by atoms with Gasteiger partial charge >= 0.3 is 13.1 Å². The van der Waals surface area contributed by atoms with E-state index in [4.69, 9.17) is 20.1 Å². The van der Waals surface area contributed by atoms with Crippen molar-refractivity contribution in [3.63, 3.8) is 0 Å². The highest BCUT2D eigenvalue weighted by Gasteiger charge is 2.52. The van der Waals surface area contributed by atoms with Crippen LogP contribution in [0.5, 0.6) is 0 Å². The fourth-order valence-corrected chi connectivity index (χ4v) is 3.45. The molecule has 1 unspecified atom stereocenters. The summed E-state index contributed by atoms with van der Waals surface area (Å²) in [6, 6.07) is 4.34.